The molecule has 0 saturated heterocycles. The molecule has 0 bridgehead atoms. The van der Waals surface area contributed by atoms with Crippen molar-refractivity contribution in [1.82, 2.24) is 0 Å². The summed E-state index contributed by atoms with van der Waals surface area (Å²) in [5.74, 6) is -0.805. The largest absolute Gasteiger partial charge is 0.375 e. The fourth-order valence-corrected chi connectivity index (χ4v) is 3.25. The lowest BCUT2D eigenvalue weighted by molar-refractivity contribution is 0.510. The van der Waals surface area contributed by atoms with E-state index in [1.807, 2.05) is 24.3 Å². The summed E-state index contributed by atoms with van der Waals surface area (Å²) >= 11 is 1.73. The first-order valence-corrected chi connectivity index (χ1v) is 6.66. The second-order valence-electron chi connectivity index (χ2n) is 4.15. The van der Waals surface area contributed by atoms with E-state index in [0.717, 1.165) is 17.4 Å². The van der Waals surface area contributed by atoms with Crippen LogP contribution in [0.5, 0.6) is 0 Å². The average Bonchev–Trinajstić information content (AvgIpc) is 2.79. The molecule has 1 unspecified atom stereocenters. The molecule has 1 heterocycles. The summed E-state index contributed by atoms with van der Waals surface area (Å²) in [6.07, 6.45) is 0. The monoisotopic (exact) mass is 263 g/mol. The normalized spacial score (nSPS) is 17.6. The Morgan fingerprint density at radius 3 is 2.78 bits per heavy atom. The summed E-state index contributed by atoms with van der Waals surface area (Å²) in [6.45, 7) is 0. The van der Waals surface area contributed by atoms with Gasteiger partial charge in [0, 0.05) is 10.6 Å². The van der Waals surface area contributed by atoms with E-state index in [0.29, 0.717) is 0 Å². The van der Waals surface area contributed by atoms with Gasteiger partial charge in [-0.25, -0.2) is 8.78 Å². The lowest BCUT2D eigenvalue weighted by Gasteiger charge is -2.15. The number of fused-ring (bicyclic) bond motifs is 1. The van der Waals surface area contributed by atoms with E-state index in [1.165, 1.54) is 11.0 Å². The highest BCUT2D eigenvalue weighted by Crippen LogP contribution is 2.39. The molecule has 0 spiro atoms. The van der Waals surface area contributed by atoms with Gasteiger partial charge in [-0.2, -0.15) is 0 Å². The standard InChI is InChI=1S/C14H11F2NS/c15-10-5-3-6-11(14(10)16)17-12-8-18-13-7-2-1-4-9(12)13/h1-7,12,17H,8H2. The maximum Gasteiger partial charge on any atom is 0.181 e. The molecule has 0 radical (unpaired) electrons. The van der Waals surface area contributed by atoms with Gasteiger partial charge in [0.15, 0.2) is 11.6 Å². The molecule has 18 heavy (non-hydrogen) atoms. The van der Waals surface area contributed by atoms with Crippen LogP contribution < -0.4 is 5.32 Å². The van der Waals surface area contributed by atoms with Gasteiger partial charge in [0.05, 0.1) is 11.7 Å². The zero-order valence-electron chi connectivity index (χ0n) is 9.49. The summed E-state index contributed by atoms with van der Waals surface area (Å²) < 4.78 is 26.7. The third kappa shape index (κ3) is 1.97. The van der Waals surface area contributed by atoms with Crippen LogP contribution in [0.1, 0.15) is 11.6 Å². The number of anilines is 1. The third-order valence-electron chi connectivity index (χ3n) is 2.98. The molecule has 0 amide bonds. The van der Waals surface area contributed by atoms with Crippen LogP contribution in [0.2, 0.25) is 0 Å². The van der Waals surface area contributed by atoms with Gasteiger partial charge >= 0.3 is 0 Å². The highest BCUT2D eigenvalue weighted by molar-refractivity contribution is 7.99. The molecule has 2 aromatic carbocycles. The molecule has 0 aliphatic carbocycles. The van der Waals surface area contributed by atoms with Gasteiger partial charge in [0.2, 0.25) is 0 Å². The molecule has 1 N–H and O–H groups in total. The first-order valence-electron chi connectivity index (χ1n) is 5.68. The van der Waals surface area contributed by atoms with Crippen LogP contribution in [0.25, 0.3) is 0 Å². The summed E-state index contributed by atoms with van der Waals surface area (Å²) in [5, 5.41) is 3.07. The van der Waals surface area contributed by atoms with Crippen LogP contribution in [-0.4, -0.2) is 5.75 Å². The Kier molecular flexibility index (Phi) is 2.96. The van der Waals surface area contributed by atoms with Gasteiger partial charge in [0.1, 0.15) is 0 Å². The van der Waals surface area contributed by atoms with Crippen LogP contribution in [0.4, 0.5) is 14.5 Å². The van der Waals surface area contributed by atoms with E-state index in [2.05, 4.69) is 5.32 Å². The van der Waals surface area contributed by atoms with Crippen molar-refractivity contribution in [3.05, 3.63) is 59.7 Å². The number of halogens is 2. The van der Waals surface area contributed by atoms with Gasteiger partial charge in [-0.15, -0.1) is 11.8 Å². The van der Waals surface area contributed by atoms with Crippen LogP contribution in [0, 0.1) is 11.6 Å². The van der Waals surface area contributed by atoms with E-state index in [9.17, 15) is 8.78 Å². The molecular formula is C14H11F2NS. The Bertz CT molecular complexity index is 586. The van der Waals surface area contributed by atoms with Crippen molar-refractivity contribution in [2.45, 2.75) is 10.9 Å². The molecule has 0 saturated carbocycles. The SMILES string of the molecule is Fc1cccc(NC2CSc3ccccc32)c1F. The van der Waals surface area contributed by atoms with Gasteiger partial charge in [-0.1, -0.05) is 24.3 Å². The molecule has 4 heteroatoms. The summed E-state index contributed by atoms with van der Waals surface area (Å²) in [7, 11) is 0. The van der Waals surface area contributed by atoms with E-state index in [-0.39, 0.29) is 11.7 Å². The molecule has 0 fully saturated rings. The van der Waals surface area contributed by atoms with Crippen molar-refractivity contribution in [3.8, 4) is 0 Å². The Morgan fingerprint density at radius 1 is 1.06 bits per heavy atom. The second kappa shape index (κ2) is 4.61. The minimum Gasteiger partial charge on any atom is -0.375 e. The van der Waals surface area contributed by atoms with Crippen LogP contribution in [0.3, 0.4) is 0 Å². The molecule has 1 aliphatic heterocycles. The Balaban J connectivity index is 1.89. The predicted molar refractivity (Wildman–Crippen MR) is 69.9 cm³/mol. The van der Waals surface area contributed by atoms with E-state index < -0.39 is 11.6 Å². The molecular weight excluding hydrogens is 252 g/mol. The van der Waals surface area contributed by atoms with Crippen molar-refractivity contribution in [1.29, 1.82) is 0 Å². The van der Waals surface area contributed by atoms with Gasteiger partial charge in [-0.3, -0.25) is 0 Å². The fraction of sp³-hybridized carbons (Fsp3) is 0.143. The Morgan fingerprint density at radius 2 is 1.89 bits per heavy atom. The molecule has 1 aliphatic rings. The lowest BCUT2D eigenvalue weighted by Crippen LogP contribution is -2.11. The molecule has 2 aromatic rings. The smallest absolute Gasteiger partial charge is 0.181 e. The van der Waals surface area contributed by atoms with Gasteiger partial charge in [0.25, 0.3) is 0 Å². The van der Waals surface area contributed by atoms with Crippen LogP contribution in [-0.2, 0) is 0 Å². The number of nitrogens with one attached hydrogen (secondary N) is 1. The molecule has 1 atom stereocenters. The van der Waals surface area contributed by atoms with E-state index in [1.54, 1.807) is 17.8 Å². The van der Waals surface area contributed by atoms with Crippen LogP contribution >= 0.6 is 11.8 Å². The highest BCUT2D eigenvalue weighted by Gasteiger charge is 2.23. The first kappa shape index (κ1) is 11.5. The maximum atomic E-state index is 13.6. The van der Waals surface area contributed by atoms with Crippen molar-refractivity contribution in [3.63, 3.8) is 0 Å². The quantitative estimate of drug-likeness (QED) is 0.870. The Hall–Kier alpha value is -1.55. The van der Waals surface area contributed by atoms with Crippen LogP contribution in [0.15, 0.2) is 47.4 Å². The molecule has 0 aromatic heterocycles. The van der Waals surface area contributed by atoms with E-state index in [4.69, 9.17) is 0 Å². The van der Waals surface area contributed by atoms with Crippen molar-refractivity contribution in [2.75, 3.05) is 11.1 Å². The molecule has 3 rings (SSSR count). The van der Waals surface area contributed by atoms with E-state index >= 15 is 0 Å². The van der Waals surface area contributed by atoms with Gasteiger partial charge < -0.3 is 5.32 Å². The van der Waals surface area contributed by atoms with Gasteiger partial charge in [-0.05, 0) is 23.8 Å². The van der Waals surface area contributed by atoms with Crippen molar-refractivity contribution in [2.24, 2.45) is 0 Å². The third-order valence-corrected chi connectivity index (χ3v) is 4.16. The summed E-state index contributed by atoms with van der Waals surface area (Å²) in [6, 6.07) is 12.2. The number of hydrogen-bond acceptors (Lipinski definition) is 2. The summed E-state index contributed by atoms with van der Waals surface area (Å²) in [4.78, 5) is 1.20. The number of thioether (sulfide) groups is 1. The fourth-order valence-electron chi connectivity index (χ4n) is 2.09. The second-order valence-corrected chi connectivity index (χ2v) is 5.21. The predicted octanol–water partition coefficient (Wildman–Crippen LogP) is 4.22. The number of benzene rings is 2. The average molecular weight is 263 g/mol. The zero-order valence-corrected chi connectivity index (χ0v) is 10.3. The first-order chi connectivity index (χ1) is 8.75. The lowest BCUT2D eigenvalue weighted by atomic mass is 10.1. The molecule has 92 valence electrons. The minimum atomic E-state index is -0.820. The maximum absolute atomic E-state index is 13.6. The number of rotatable bonds is 2. The topological polar surface area (TPSA) is 12.0 Å². The zero-order chi connectivity index (χ0) is 12.5. The highest BCUT2D eigenvalue weighted by atomic mass is 32.2. The van der Waals surface area contributed by atoms with Crippen molar-refractivity contribution >= 4 is 17.4 Å². The minimum absolute atomic E-state index is 0.0301. The summed E-state index contributed by atoms with van der Waals surface area (Å²) in [5.41, 5.74) is 1.36. The molecule has 1 nitrogen and oxygen atoms in total. The van der Waals surface area contributed by atoms with Crippen molar-refractivity contribution < 1.29 is 8.78 Å². The number of hydrogen-bond donors (Lipinski definition) is 1. The Labute approximate surface area is 108 Å².